The average molecular weight is 351 g/mol. The third-order valence-electron chi connectivity index (χ3n) is 3.74. The molecule has 0 radical (unpaired) electrons. The maximum Gasteiger partial charge on any atom is 0.230 e. The summed E-state index contributed by atoms with van der Waals surface area (Å²) in [5.74, 6) is 0.0664. The summed E-state index contributed by atoms with van der Waals surface area (Å²) in [5, 5.41) is 9.97. The van der Waals surface area contributed by atoms with Crippen molar-refractivity contribution in [3.05, 3.63) is 47.7 Å². The Morgan fingerprint density at radius 2 is 1.92 bits per heavy atom. The van der Waals surface area contributed by atoms with E-state index in [2.05, 4.69) is 36.3 Å². The van der Waals surface area contributed by atoms with Crippen molar-refractivity contribution in [2.45, 2.75) is 40.2 Å². The molecule has 0 saturated heterocycles. The Bertz CT molecular complexity index is 649. The van der Waals surface area contributed by atoms with Gasteiger partial charge in [0.1, 0.15) is 0 Å². The molecule has 0 bridgehead atoms. The summed E-state index contributed by atoms with van der Waals surface area (Å²) in [6, 6.07) is 11.2. The zero-order valence-corrected chi connectivity index (χ0v) is 15.5. The van der Waals surface area contributed by atoms with Crippen LogP contribution in [0.3, 0.4) is 0 Å². The molecule has 5 nitrogen and oxygen atoms in total. The van der Waals surface area contributed by atoms with Gasteiger partial charge in [-0.05, 0) is 17.4 Å². The Morgan fingerprint density at radius 1 is 1.29 bits per heavy atom. The topological polar surface area (TPSA) is 83.8 Å². The smallest absolute Gasteiger partial charge is 0.230 e. The van der Waals surface area contributed by atoms with Crippen molar-refractivity contribution in [1.29, 1.82) is 0 Å². The van der Waals surface area contributed by atoms with Crippen molar-refractivity contribution in [2.24, 2.45) is 17.1 Å². The summed E-state index contributed by atoms with van der Waals surface area (Å²) in [6.45, 7) is 8.31. The first kappa shape index (κ1) is 20.2. The van der Waals surface area contributed by atoms with Crippen molar-refractivity contribution >= 4 is 24.1 Å². The van der Waals surface area contributed by atoms with Crippen LogP contribution < -0.4 is 11.1 Å². The van der Waals surface area contributed by atoms with Crippen LogP contribution in [0.2, 0.25) is 0 Å². The molecule has 0 aliphatic rings. The second-order valence-corrected chi connectivity index (χ2v) is 7.23. The van der Waals surface area contributed by atoms with Crippen LogP contribution in [-0.2, 0) is 11.2 Å². The van der Waals surface area contributed by atoms with Gasteiger partial charge in [0.05, 0.1) is 5.92 Å². The van der Waals surface area contributed by atoms with Crippen molar-refractivity contribution in [2.75, 3.05) is 5.32 Å². The average Bonchev–Trinajstić information content (AvgIpc) is 2.91. The van der Waals surface area contributed by atoms with Gasteiger partial charge in [0.25, 0.3) is 0 Å². The number of anilines is 1. The van der Waals surface area contributed by atoms with Gasteiger partial charge in [-0.1, -0.05) is 58.0 Å². The fourth-order valence-corrected chi connectivity index (χ4v) is 2.45. The van der Waals surface area contributed by atoms with E-state index in [9.17, 15) is 4.79 Å². The predicted molar refractivity (Wildman–Crippen MR) is 100 cm³/mol. The monoisotopic (exact) mass is 350 g/mol. The summed E-state index contributed by atoms with van der Waals surface area (Å²) < 4.78 is 0. The van der Waals surface area contributed by atoms with Crippen LogP contribution in [0.1, 0.15) is 45.0 Å². The Balaban J connectivity index is 0.00000288. The van der Waals surface area contributed by atoms with E-state index in [-0.39, 0.29) is 35.7 Å². The van der Waals surface area contributed by atoms with Crippen molar-refractivity contribution in [3.8, 4) is 0 Å². The number of hydrogen-bond acceptors (Lipinski definition) is 3. The van der Waals surface area contributed by atoms with Crippen LogP contribution in [0.15, 0.2) is 36.4 Å². The highest BCUT2D eigenvalue weighted by atomic mass is 35.5. The van der Waals surface area contributed by atoms with Gasteiger partial charge in [0, 0.05) is 17.8 Å². The number of nitrogens with one attached hydrogen (secondary N) is 2. The minimum absolute atomic E-state index is 0. The van der Waals surface area contributed by atoms with Crippen LogP contribution in [0.25, 0.3) is 0 Å². The van der Waals surface area contributed by atoms with Gasteiger partial charge in [-0.3, -0.25) is 9.89 Å². The summed E-state index contributed by atoms with van der Waals surface area (Å²) in [4.78, 5) is 12.4. The third-order valence-corrected chi connectivity index (χ3v) is 3.74. The lowest BCUT2D eigenvalue weighted by atomic mass is 9.91. The molecule has 24 heavy (non-hydrogen) atoms. The molecule has 0 aliphatic heterocycles. The van der Waals surface area contributed by atoms with Crippen molar-refractivity contribution in [3.63, 3.8) is 0 Å². The highest BCUT2D eigenvalue weighted by molar-refractivity contribution is 5.92. The first-order valence-corrected chi connectivity index (χ1v) is 7.92. The second-order valence-electron chi connectivity index (χ2n) is 7.23. The molecule has 0 aliphatic carbocycles. The summed E-state index contributed by atoms with van der Waals surface area (Å²) >= 11 is 0. The Labute approximate surface area is 149 Å². The maximum absolute atomic E-state index is 12.4. The van der Waals surface area contributed by atoms with Gasteiger partial charge in [0.2, 0.25) is 5.91 Å². The van der Waals surface area contributed by atoms with Crippen molar-refractivity contribution < 1.29 is 4.79 Å². The number of halogens is 1. The molecule has 0 saturated carbocycles. The molecule has 2 aromatic rings. The Kier molecular flexibility index (Phi) is 6.99. The van der Waals surface area contributed by atoms with Gasteiger partial charge in [-0.25, -0.2) is 0 Å². The summed E-state index contributed by atoms with van der Waals surface area (Å²) in [7, 11) is 0. The molecule has 1 aromatic heterocycles. The van der Waals surface area contributed by atoms with Crippen LogP contribution in [0, 0.1) is 11.3 Å². The Morgan fingerprint density at radius 3 is 2.50 bits per heavy atom. The standard InChI is InChI=1S/C18H26N4O.ClH/c1-12(16(19)13-8-6-5-7-9-13)17(23)20-15-10-14(21-22-15)11-18(2,3)4;/h5-10,12,16H,11,19H2,1-4H3,(H2,20,21,22,23);1H. The lowest BCUT2D eigenvalue weighted by molar-refractivity contribution is -0.120. The molecule has 2 atom stereocenters. The van der Waals surface area contributed by atoms with Gasteiger partial charge in [-0.2, -0.15) is 5.10 Å². The third kappa shape index (κ3) is 5.65. The molecule has 4 N–H and O–H groups in total. The van der Waals surface area contributed by atoms with Gasteiger partial charge < -0.3 is 11.1 Å². The van der Waals surface area contributed by atoms with E-state index in [1.165, 1.54) is 0 Å². The number of carbonyl (C=O) groups is 1. The molecule has 1 heterocycles. The Hall–Kier alpha value is -1.85. The summed E-state index contributed by atoms with van der Waals surface area (Å²) in [6.07, 6.45) is 0.870. The number of carbonyl (C=O) groups excluding carboxylic acids is 1. The minimum Gasteiger partial charge on any atom is -0.323 e. The zero-order valence-electron chi connectivity index (χ0n) is 14.7. The first-order chi connectivity index (χ1) is 10.8. The van der Waals surface area contributed by atoms with E-state index in [1.54, 1.807) is 0 Å². The lowest BCUT2D eigenvalue weighted by Crippen LogP contribution is -2.30. The van der Waals surface area contributed by atoms with Crippen LogP contribution in [0.4, 0.5) is 5.82 Å². The number of benzene rings is 1. The minimum atomic E-state index is -0.347. The van der Waals surface area contributed by atoms with Crippen LogP contribution in [-0.4, -0.2) is 16.1 Å². The quantitative estimate of drug-likeness (QED) is 0.768. The lowest BCUT2D eigenvalue weighted by Gasteiger charge is -2.19. The number of H-pyrrole nitrogens is 1. The number of hydrogen-bond donors (Lipinski definition) is 3. The molecule has 0 fully saturated rings. The number of amides is 1. The molecule has 1 amide bonds. The molecule has 1 aromatic carbocycles. The highest BCUT2D eigenvalue weighted by Crippen LogP contribution is 2.22. The maximum atomic E-state index is 12.4. The molecule has 2 rings (SSSR count). The molecule has 6 heteroatoms. The van der Waals surface area contributed by atoms with Crippen LogP contribution >= 0.6 is 12.4 Å². The fraction of sp³-hybridized carbons (Fsp3) is 0.444. The molecular formula is C18H27ClN4O. The molecule has 0 spiro atoms. The predicted octanol–water partition coefficient (Wildman–Crippen LogP) is 3.69. The van der Waals surface area contributed by atoms with Gasteiger partial charge >= 0.3 is 0 Å². The van der Waals surface area contributed by atoms with E-state index in [0.717, 1.165) is 17.7 Å². The van der Waals surface area contributed by atoms with Gasteiger partial charge in [0.15, 0.2) is 5.82 Å². The SMILES string of the molecule is CC(C(=O)Nc1cc(CC(C)(C)C)[nH]n1)C(N)c1ccccc1.Cl. The number of aromatic nitrogens is 2. The molecule has 132 valence electrons. The first-order valence-electron chi connectivity index (χ1n) is 7.92. The number of aromatic amines is 1. The molecular weight excluding hydrogens is 324 g/mol. The summed E-state index contributed by atoms with van der Waals surface area (Å²) in [5.41, 5.74) is 8.31. The van der Waals surface area contributed by atoms with Crippen molar-refractivity contribution in [1.82, 2.24) is 10.2 Å². The normalized spacial score (nSPS) is 13.7. The number of rotatable bonds is 5. The van der Waals surface area contributed by atoms with E-state index in [1.807, 2.05) is 43.3 Å². The number of nitrogens with zero attached hydrogens (tertiary/aromatic N) is 1. The highest BCUT2D eigenvalue weighted by Gasteiger charge is 2.23. The number of nitrogens with two attached hydrogens (primary N) is 1. The van der Waals surface area contributed by atoms with E-state index in [4.69, 9.17) is 5.73 Å². The molecule has 2 unspecified atom stereocenters. The van der Waals surface area contributed by atoms with E-state index >= 15 is 0 Å². The van der Waals surface area contributed by atoms with Gasteiger partial charge in [-0.15, -0.1) is 12.4 Å². The largest absolute Gasteiger partial charge is 0.323 e. The van der Waals surface area contributed by atoms with E-state index in [0.29, 0.717) is 5.82 Å². The zero-order chi connectivity index (χ0) is 17.0. The fourth-order valence-electron chi connectivity index (χ4n) is 2.45. The van der Waals surface area contributed by atoms with E-state index < -0.39 is 0 Å². The van der Waals surface area contributed by atoms with Crippen LogP contribution in [0.5, 0.6) is 0 Å². The second kappa shape index (κ2) is 8.31.